The number of benzene rings is 3. The quantitative estimate of drug-likeness (QED) is 0.288. The van der Waals surface area contributed by atoms with E-state index < -0.39 is 28.5 Å². The highest BCUT2D eigenvalue weighted by Crippen LogP contribution is 2.36. The van der Waals surface area contributed by atoms with Gasteiger partial charge < -0.3 is 19.7 Å². The van der Waals surface area contributed by atoms with Crippen LogP contribution in [0, 0.1) is 0 Å². The number of amides is 2. The first kappa shape index (κ1) is 31.7. The van der Waals surface area contributed by atoms with E-state index in [2.05, 4.69) is 5.32 Å². The van der Waals surface area contributed by atoms with E-state index in [1.165, 1.54) is 11.8 Å². The van der Waals surface area contributed by atoms with Gasteiger partial charge in [0.05, 0.1) is 11.4 Å². The van der Waals surface area contributed by atoms with E-state index in [9.17, 15) is 18.0 Å². The Morgan fingerprint density at radius 2 is 1.66 bits per heavy atom. The fourth-order valence-electron chi connectivity index (χ4n) is 5.69. The summed E-state index contributed by atoms with van der Waals surface area (Å²) >= 11 is 6.31. The molecule has 3 aromatic rings. The van der Waals surface area contributed by atoms with E-state index in [4.69, 9.17) is 21.1 Å². The van der Waals surface area contributed by atoms with Gasteiger partial charge in [0.1, 0.15) is 12.6 Å². The van der Waals surface area contributed by atoms with Crippen molar-refractivity contribution in [3.05, 3.63) is 88.9 Å². The molecule has 2 amide bonds. The molecule has 0 radical (unpaired) electrons. The lowest BCUT2D eigenvalue weighted by molar-refractivity contribution is -0.140. The number of anilines is 1. The van der Waals surface area contributed by atoms with Crippen LogP contribution in [0.15, 0.2) is 72.8 Å². The fourth-order valence-corrected chi connectivity index (χ4v) is 6.96. The molecule has 0 saturated heterocycles. The predicted octanol–water partition coefficient (Wildman–Crippen LogP) is 5.31. The molecule has 3 aromatic carbocycles. The van der Waals surface area contributed by atoms with Crippen LogP contribution in [0.2, 0.25) is 5.02 Å². The molecule has 5 rings (SSSR count). The topological polar surface area (TPSA) is 105 Å². The van der Waals surface area contributed by atoms with Crippen molar-refractivity contribution in [1.29, 1.82) is 0 Å². The Bertz CT molecular complexity index is 1560. The van der Waals surface area contributed by atoms with Crippen molar-refractivity contribution in [2.45, 2.75) is 64.1 Å². The van der Waals surface area contributed by atoms with Crippen molar-refractivity contribution in [2.24, 2.45) is 0 Å². The Morgan fingerprint density at radius 3 is 2.39 bits per heavy atom. The second kappa shape index (κ2) is 14.3. The minimum absolute atomic E-state index is 0.0307. The summed E-state index contributed by atoms with van der Waals surface area (Å²) in [4.78, 5) is 29.9. The summed E-state index contributed by atoms with van der Waals surface area (Å²) in [6.07, 6.45) is 5.26. The molecule has 9 nitrogen and oxygen atoms in total. The minimum Gasteiger partial charge on any atom is -0.454 e. The monoisotopic (exact) mass is 639 g/mol. The van der Waals surface area contributed by atoms with Gasteiger partial charge in [-0.1, -0.05) is 73.3 Å². The summed E-state index contributed by atoms with van der Waals surface area (Å²) in [7, 11) is -3.90. The molecule has 2 aliphatic rings. The predicted molar refractivity (Wildman–Crippen MR) is 170 cm³/mol. The number of halogens is 1. The molecule has 11 heteroatoms. The molecule has 1 fully saturated rings. The first-order valence-corrected chi connectivity index (χ1v) is 17.0. The highest BCUT2D eigenvalue weighted by atomic mass is 35.5. The largest absolute Gasteiger partial charge is 0.454 e. The van der Waals surface area contributed by atoms with Crippen molar-refractivity contribution >= 4 is 39.1 Å². The number of hydrogen-bond donors (Lipinski definition) is 1. The Hall–Kier alpha value is -3.76. The van der Waals surface area contributed by atoms with Crippen LogP contribution in [0.4, 0.5) is 5.69 Å². The summed E-state index contributed by atoms with van der Waals surface area (Å²) in [6, 6.07) is 20.5. The second-order valence-electron chi connectivity index (χ2n) is 11.1. The lowest BCUT2D eigenvalue weighted by atomic mass is 9.94. The van der Waals surface area contributed by atoms with Gasteiger partial charge in [0, 0.05) is 30.1 Å². The van der Waals surface area contributed by atoms with Crippen molar-refractivity contribution in [2.75, 3.05) is 23.4 Å². The zero-order valence-corrected chi connectivity index (χ0v) is 26.4. The molecule has 1 aliphatic heterocycles. The van der Waals surface area contributed by atoms with E-state index in [-0.39, 0.29) is 43.1 Å². The standard InChI is InChI=1S/C33H38ClN3O6S/c1-2-44(40,41)37(28-16-17-30-31(20-28)43-23-42-30)22-32(38)36(21-25-12-9-13-26(34)18-25)29(19-24-10-5-3-6-11-24)33(39)35-27-14-7-4-8-15-27/h3,5-6,9-13,16-18,20,27,29H,2,4,7-8,14-15,19,21-23H2,1H3,(H,35,39)/t29-/m1/s1. The van der Waals surface area contributed by atoms with Crippen molar-refractivity contribution < 1.29 is 27.5 Å². The summed E-state index contributed by atoms with van der Waals surface area (Å²) in [5.41, 5.74) is 1.88. The molecular formula is C33H38ClN3O6S. The van der Waals surface area contributed by atoms with Crippen LogP contribution >= 0.6 is 11.6 Å². The van der Waals surface area contributed by atoms with Gasteiger partial charge in [0.2, 0.25) is 28.6 Å². The van der Waals surface area contributed by atoms with Gasteiger partial charge in [0.15, 0.2) is 11.5 Å². The lowest BCUT2D eigenvalue weighted by Crippen LogP contribution is -2.55. The molecule has 1 heterocycles. The number of carbonyl (C=O) groups excluding carboxylic acids is 2. The number of nitrogens with zero attached hydrogens (tertiary/aromatic N) is 2. The number of nitrogens with one attached hydrogen (secondary N) is 1. The lowest BCUT2D eigenvalue weighted by Gasteiger charge is -2.35. The molecule has 0 aromatic heterocycles. The maximum Gasteiger partial charge on any atom is 0.244 e. The molecule has 44 heavy (non-hydrogen) atoms. The first-order valence-electron chi connectivity index (χ1n) is 15.0. The van der Waals surface area contributed by atoms with E-state index in [0.717, 1.165) is 47.5 Å². The minimum atomic E-state index is -3.90. The van der Waals surface area contributed by atoms with E-state index in [1.807, 2.05) is 36.4 Å². The zero-order chi connectivity index (χ0) is 31.1. The molecule has 0 spiro atoms. The van der Waals surface area contributed by atoms with Gasteiger partial charge in [-0.05, 0) is 55.2 Å². The van der Waals surface area contributed by atoms with Crippen LogP contribution in [0.25, 0.3) is 0 Å². The van der Waals surface area contributed by atoms with Gasteiger partial charge in [-0.15, -0.1) is 0 Å². The van der Waals surface area contributed by atoms with Crippen molar-refractivity contribution in [3.63, 3.8) is 0 Å². The van der Waals surface area contributed by atoms with Crippen LogP contribution in [0.5, 0.6) is 11.5 Å². The maximum absolute atomic E-state index is 14.4. The van der Waals surface area contributed by atoms with E-state index in [0.29, 0.717) is 16.5 Å². The molecule has 0 unspecified atom stereocenters. The van der Waals surface area contributed by atoms with Crippen molar-refractivity contribution in [3.8, 4) is 11.5 Å². The second-order valence-corrected chi connectivity index (χ2v) is 13.8. The van der Waals surface area contributed by atoms with Gasteiger partial charge >= 0.3 is 0 Å². The molecule has 1 aliphatic carbocycles. The summed E-state index contributed by atoms with van der Waals surface area (Å²) in [5, 5.41) is 3.70. The Morgan fingerprint density at radius 1 is 0.932 bits per heavy atom. The van der Waals surface area contributed by atoms with Crippen LogP contribution in [-0.2, 0) is 32.6 Å². The third-order valence-corrected chi connectivity index (χ3v) is 10.1. The van der Waals surface area contributed by atoms with Gasteiger partial charge in [0.25, 0.3) is 0 Å². The molecule has 1 atom stereocenters. The molecule has 0 bridgehead atoms. The third kappa shape index (κ3) is 7.84. The molecule has 1 N–H and O–H groups in total. The molecular weight excluding hydrogens is 602 g/mol. The number of ether oxygens (including phenoxy) is 2. The Kier molecular flexibility index (Phi) is 10.3. The van der Waals surface area contributed by atoms with Crippen LogP contribution in [-0.4, -0.2) is 56.3 Å². The average molecular weight is 640 g/mol. The zero-order valence-electron chi connectivity index (χ0n) is 24.8. The SMILES string of the molecule is CCS(=O)(=O)N(CC(=O)N(Cc1cccc(Cl)c1)[C@H](Cc1ccccc1)C(=O)NC1CCCCC1)c1ccc2c(c1)OCO2. The highest BCUT2D eigenvalue weighted by Gasteiger charge is 2.35. The first-order chi connectivity index (χ1) is 21.2. The number of hydrogen-bond acceptors (Lipinski definition) is 6. The smallest absolute Gasteiger partial charge is 0.244 e. The van der Waals surface area contributed by atoms with Gasteiger partial charge in [-0.3, -0.25) is 13.9 Å². The van der Waals surface area contributed by atoms with E-state index >= 15 is 0 Å². The van der Waals surface area contributed by atoms with Crippen LogP contribution in [0.3, 0.4) is 0 Å². The van der Waals surface area contributed by atoms with Gasteiger partial charge in [-0.2, -0.15) is 0 Å². The number of rotatable bonds is 12. The van der Waals surface area contributed by atoms with Crippen LogP contribution in [0.1, 0.15) is 50.2 Å². The number of sulfonamides is 1. The normalized spacial score (nSPS) is 15.4. The Balaban J connectivity index is 1.51. The number of fused-ring (bicyclic) bond motifs is 1. The fraction of sp³-hybridized carbons (Fsp3) is 0.394. The Labute approximate surface area is 264 Å². The van der Waals surface area contributed by atoms with Gasteiger partial charge in [-0.25, -0.2) is 8.42 Å². The third-order valence-electron chi connectivity index (χ3n) is 8.09. The summed E-state index contributed by atoms with van der Waals surface area (Å²) in [6.45, 7) is 1.12. The summed E-state index contributed by atoms with van der Waals surface area (Å²) < 4.78 is 38.8. The summed E-state index contributed by atoms with van der Waals surface area (Å²) in [5.74, 6) is -0.100. The molecule has 234 valence electrons. The average Bonchev–Trinajstić information content (AvgIpc) is 3.50. The molecule has 1 saturated carbocycles. The van der Waals surface area contributed by atoms with E-state index in [1.54, 1.807) is 36.4 Å². The van der Waals surface area contributed by atoms with Crippen molar-refractivity contribution in [1.82, 2.24) is 10.2 Å². The van der Waals surface area contributed by atoms with Crippen LogP contribution < -0.4 is 19.1 Å². The maximum atomic E-state index is 14.4. The number of carbonyl (C=O) groups is 2. The highest BCUT2D eigenvalue weighted by molar-refractivity contribution is 7.92.